The van der Waals surface area contributed by atoms with Gasteiger partial charge >= 0.3 is 0 Å². The van der Waals surface area contributed by atoms with Crippen molar-refractivity contribution >= 4 is 0 Å². The van der Waals surface area contributed by atoms with Gasteiger partial charge < -0.3 is 15.6 Å². The molecular weight excluding hydrogens is 166 g/mol. The topological polar surface area (TPSA) is 55.5 Å². The van der Waals surface area contributed by atoms with Crippen molar-refractivity contribution in [3.63, 3.8) is 0 Å². The van der Waals surface area contributed by atoms with E-state index in [0.717, 1.165) is 45.1 Å². The molecule has 0 amide bonds. The van der Waals surface area contributed by atoms with Gasteiger partial charge in [-0.1, -0.05) is 0 Å². The van der Waals surface area contributed by atoms with E-state index < -0.39 is 5.60 Å². The highest BCUT2D eigenvalue weighted by molar-refractivity contribution is 4.87. The summed E-state index contributed by atoms with van der Waals surface area (Å²) in [6, 6.07) is 0.196. The van der Waals surface area contributed by atoms with Crippen LogP contribution >= 0.6 is 0 Å². The Morgan fingerprint density at radius 2 is 2.38 bits per heavy atom. The van der Waals surface area contributed by atoms with Crippen molar-refractivity contribution < 1.29 is 9.84 Å². The normalized spacial score (nSPS) is 34.8. The average Bonchev–Trinajstić information content (AvgIpc) is 2.04. The first-order valence-corrected chi connectivity index (χ1v) is 5.13. The average molecular weight is 187 g/mol. The third-order valence-electron chi connectivity index (χ3n) is 2.85. The summed E-state index contributed by atoms with van der Waals surface area (Å²) in [4.78, 5) is 0. The Morgan fingerprint density at radius 3 is 3.00 bits per heavy atom. The van der Waals surface area contributed by atoms with Gasteiger partial charge in [-0.25, -0.2) is 0 Å². The molecule has 2 atom stereocenters. The van der Waals surface area contributed by atoms with Gasteiger partial charge in [0.15, 0.2) is 0 Å². The van der Waals surface area contributed by atoms with E-state index in [0.29, 0.717) is 0 Å². The lowest BCUT2D eigenvalue weighted by molar-refractivity contribution is -0.0160. The summed E-state index contributed by atoms with van der Waals surface area (Å²) in [5.41, 5.74) is 5.32. The molecule has 0 heterocycles. The number of ether oxygens (including phenoxy) is 1. The Labute approximate surface area is 80.3 Å². The molecule has 0 aromatic heterocycles. The SMILES string of the molecule is COCCCC1(O)CCCC(N)C1. The summed E-state index contributed by atoms with van der Waals surface area (Å²) in [5, 5.41) is 10.1. The second-order valence-electron chi connectivity index (χ2n) is 4.18. The number of methoxy groups -OCH3 is 1. The molecule has 1 aliphatic carbocycles. The lowest BCUT2D eigenvalue weighted by atomic mass is 9.79. The van der Waals surface area contributed by atoms with Crippen LogP contribution in [-0.2, 0) is 4.74 Å². The van der Waals surface area contributed by atoms with Crippen molar-refractivity contribution in [1.82, 2.24) is 0 Å². The Hall–Kier alpha value is -0.120. The van der Waals surface area contributed by atoms with Crippen LogP contribution < -0.4 is 5.73 Å². The van der Waals surface area contributed by atoms with Crippen molar-refractivity contribution in [2.45, 2.75) is 50.2 Å². The number of hydrogen-bond acceptors (Lipinski definition) is 3. The number of rotatable bonds is 4. The second-order valence-corrected chi connectivity index (χ2v) is 4.18. The van der Waals surface area contributed by atoms with Crippen LogP contribution in [0.15, 0.2) is 0 Å². The van der Waals surface area contributed by atoms with Gasteiger partial charge in [-0.2, -0.15) is 0 Å². The molecule has 0 bridgehead atoms. The van der Waals surface area contributed by atoms with E-state index in [-0.39, 0.29) is 6.04 Å². The van der Waals surface area contributed by atoms with Crippen LogP contribution in [0.4, 0.5) is 0 Å². The number of nitrogens with two attached hydrogens (primary N) is 1. The predicted octanol–water partition coefficient (Wildman–Crippen LogP) is 1.05. The van der Waals surface area contributed by atoms with Crippen LogP contribution in [0, 0.1) is 0 Å². The van der Waals surface area contributed by atoms with Gasteiger partial charge in [-0.3, -0.25) is 0 Å². The van der Waals surface area contributed by atoms with Crippen LogP contribution in [-0.4, -0.2) is 30.5 Å². The highest BCUT2D eigenvalue weighted by Crippen LogP contribution is 2.31. The lowest BCUT2D eigenvalue weighted by Gasteiger charge is -2.35. The fraction of sp³-hybridized carbons (Fsp3) is 1.00. The van der Waals surface area contributed by atoms with E-state index in [1.165, 1.54) is 0 Å². The molecule has 0 radical (unpaired) electrons. The molecule has 3 N–H and O–H groups in total. The second kappa shape index (κ2) is 4.94. The van der Waals surface area contributed by atoms with Gasteiger partial charge in [-0.15, -0.1) is 0 Å². The smallest absolute Gasteiger partial charge is 0.0663 e. The van der Waals surface area contributed by atoms with Crippen LogP contribution in [0.25, 0.3) is 0 Å². The summed E-state index contributed by atoms with van der Waals surface area (Å²) in [6.07, 6.45) is 5.55. The molecular formula is C10H21NO2. The summed E-state index contributed by atoms with van der Waals surface area (Å²) in [5.74, 6) is 0. The molecule has 0 saturated heterocycles. The maximum Gasteiger partial charge on any atom is 0.0663 e. The highest BCUT2D eigenvalue weighted by Gasteiger charge is 2.31. The quantitative estimate of drug-likeness (QED) is 0.647. The van der Waals surface area contributed by atoms with Gasteiger partial charge in [0, 0.05) is 19.8 Å². The largest absolute Gasteiger partial charge is 0.390 e. The number of hydrogen-bond donors (Lipinski definition) is 2. The molecule has 1 saturated carbocycles. The maximum atomic E-state index is 10.1. The summed E-state index contributed by atoms with van der Waals surface area (Å²) >= 11 is 0. The molecule has 0 aromatic rings. The van der Waals surface area contributed by atoms with E-state index >= 15 is 0 Å². The minimum Gasteiger partial charge on any atom is -0.390 e. The molecule has 13 heavy (non-hydrogen) atoms. The minimum absolute atomic E-state index is 0.196. The fourth-order valence-corrected chi connectivity index (χ4v) is 2.16. The predicted molar refractivity (Wildman–Crippen MR) is 52.5 cm³/mol. The summed E-state index contributed by atoms with van der Waals surface area (Å²) in [6.45, 7) is 0.734. The highest BCUT2D eigenvalue weighted by atomic mass is 16.5. The van der Waals surface area contributed by atoms with Crippen molar-refractivity contribution in [2.24, 2.45) is 5.73 Å². The van der Waals surface area contributed by atoms with Crippen LogP contribution in [0.2, 0.25) is 0 Å². The zero-order valence-electron chi connectivity index (χ0n) is 8.46. The first-order chi connectivity index (χ1) is 6.16. The Balaban J connectivity index is 2.27. The van der Waals surface area contributed by atoms with Gasteiger partial charge in [0.25, 0.3) is 0 Å². The van der Waals surface area contributed by atoms with Crippen LogP contribution in [0.5, 0.6) is 0 Å². The maximum absolute atomic E-state index is 10.1. The monoisotopic (exact) mass is 187 g/mol. The van der Waals surface area contributed by atoms with Crippen LogP contribution in [0.3, 0.4) is 0 Å². The molecule has 78 valence electrons. The molecule has 0 aliphatic heterocycles. The van der Waals surface area contributed by atoms with E-state index in [1.807, 2.05) is 0 Å². The van der Waals surface area contributed by atoms with Crippen molar-refractivity contribution in [2.75, 3.05) is 13.7 Å². The third-order valence-corrected chi connectivity index (χ3v) is 2.85. The zero-order chi connectivity index (χ0) is 9.73. The molecule has 1 fully saturated rings. The molecule has 2 unspecified atom stereocenters. The molecule has 3 heteroatoms. The molecule has 0 spiro atoms. The van der Waals surface area contributed by atoms with E-state index in [4.69, 9.17) is 10.5 Å². The first kappa shape index (κ1) is 11.0. The standard InChI is InChI=1S/C10H21NO2/c1-13-7-3-6-10(12)5-2-4-9(11)8-10/h9,12H,2-8,11H2,1H3. The molecule has 1 aliphatic rings. The Bertz CT molecular complexity index is 152. The molecule has 0 aromatic carbocycles. The van der Waals surface area contributed by atoms with Crippen LogP contribution in [0.1, 0.15) is 38.5 Å². The van der Waals surface area contributed by atoms with Gasteiger partial charge in [0.05, 0.1) is 5.60 Å². The molecule has 3 nitrogen and oxygen atoms in total. The van der Waals surface area contributed by atoms with Gasteiger partial charge in [0.2, 0.25) is 0 Å². The minimum atomic E-state index is -0.504. The zero-order valence-corrected chi connectivity index (χ0v) is 8.46. The first-order valence-electron chi connectivity index (χ1n) is 5.13. The Kier molecular flexibility index (Phi) is 4.16. The lowest BCUT2D eigenvalue weighted by Crippen LogP contribution is -2.41. The summed E-state index contributed by atoms with van der Waals surface area (Å²) < 4.78 is 4.96. The van der Waals surface area contributed by atoms with Crippen molar-refractivity contribution in [3.8, 4) is 0 Å². The van der Waals surface area contributed by atoms with E-state index in [2.05, 4.69) is 0 Å². The van der Waals surface area contributed by atoms with Crippen molar-refractivity contribution in [3.05, 3.63) is 0 Å². The third kappa shape index (κ3) is 3.63. The Morgan fingerprint density at radius 1 is 1.62 bits per heavy atom. The molecule has 1 rings (SSSR count). The summed E-state index contributed by atoms with van der Waals surface area (Å²) in [7, 11) is 1.69. The van der Waals surface area contributed by atoms with Gasteiger partial charge in [0.1, 0.15) is 0 Å². The van der Waals surface area contributed by atoms with Gasteiger partial charge in [-0.05, 0) is 38.5 Å². The van der Waals surface area contributed by atoms with Crippen molar-refractivity contribution in [1.29, 1.82) is 0 Å². The number of aliphatic hydroxyl groups is 1. The fourth-order valence-electron chi connectivity index (χ4n) is 2.16. The van der Waals surface area contributed by atoms with E-state index in [1.54, 1.807) is 7.11 Å². The van der Waals surface area contributed by atoms with E-state index in [9.17, 15) is 5.11 Å².